The van der Waals surface area contributed by atoms with Crippen LogP contribution >= 0.6 is 23.2 Å². The first-order valence-electron chi connectivity index (χ1n) is 11.1. The fourth-order valence-electron chi connectivity index (χ4n) is 6.23. The average molecular weight is 446 g/mol. The second-order valence-electron chi connectivity index (χ2n) is 9.36. The van der Waals surface area contributed by atoms with Crippen LogP contribution in [0.5, 0.6) is 11.5 Å². The minimum absolute atomic E-state index is 0.415. The molecule has 160 valence electrons. The Morgan fingerprint density at radius 1 is 0.833 bits per heavy atom. The molecular weight excluding hydrogens is 417 g/mol. The molecule has 0 amide bonds. The predicted octanol–water partition coefficient (Wildman–Crippen LogP) is 6.50. The molecule has 4 aliphatic carbocycles. The van der Waals surface area contributed by atoms with Crippen molar-refractivity contribution in [3.8, 4) is 11.5 Å². The van der Waals surface area contributed by atoms with Crippen molar-refractivity contribution < 1.29 is 9.47 Å². The van der Waals surface area contributed by atoms with E-state index in [1.54, 1.807) is 13.2 Å². The van der Waals surface area contributed by atoms with Crippen molar-refractivity contribution in [3.63, 3.8) is 0 Å². The summed E-state index contributed by atoms with van der Waals surface area (Å²) in [5.74, 6) is 5.30. The van der Waals surface area contributed by atoms with Crippen molar-refractivity contribution in [2.75, 3.05) is 7.11 Å². The number of halogens is 2. The predicted molar refractivity (Wildman–Crippen MR) is 121 cm³/mol. The highest BCUT2D eigenvalue weighted by Gasteiger charge is 2.47. The Balaban J connectivity index is 1.21. The Morgan fingerprint density at radius 2 is 1.53 bits per heavy atom. The molecule has 4 fully saturated rings. The fourth-order valence-corrected chi connectivity index (χ4v) is 6.55. The molecule has 3 nitrogen and oxygen atoms in total. The summed E-state index contributed by atoms with van der Waals surface area (Å²) in [7, 11) is 1.69. The van der Waals surface area contributed by atoms with Crippen LogP contribution in [0.2, 0.25) is 10.0 Å². The van der Waals surface area contributed by atoms with Gasteiger partial charge in [0.05, 0.1) is 17.2 Å². The van der Waals surface area contributed by atoms with Crippen LogP contribution in [0, 0.1) is 23.7 Å². The summed E-state index contributed by atoms with van der Waals surface area (Å²) >= 11 is 12.1. The molecule has 4 saturated carbocycles. The van der Waals surface area contributed by atoms with E-state index in [2.05, 4.69) is 17.4 Å². The minimum Gasteiger partial charge on any atom is -0.493 e. The zero-order valence-corrected chi connectivity index (χ0v) is 18.9. The van der Waals surface area contributed by atoms with E-state index in [1.165, 1.54) is 37.7 Å². The van der Waals surface area contributed by atoms with E-state index < -0.39 is 0 Å². The Labute approximate surface area is 189 Å². The van der Waals surface area contributed by atoms with Gasteiger partial charge in [-0.2, -0.15) is 0 Å². The van der Waals surface area contributed by atoms with Gasteiger partial charge in [0.25, 0.3) is 0 Å². The number of rotatable bonds is 7. The number of nitrogens with one attached hydrogen (secondary N) is 1. The lowest BCUT2D eigenvalue weighted by molar-refractivity contribution is -0.0142. The van der Waals surface area contributed by atoms with Gasteiger partial charge >= 0.3 is 0 Å². The molecule has 0 radical (unpaired) electrons. The normalized spacial score (nSPS) is 29.2. The van der Waals surface area contributed by atoms with Gasteiger partial charge in [-0.25, -0.2) is 0 Å². The van der Waals surface area contributed by atoms with Crippen LogP contribution in [-0.4, -0.2) is 13.2 Å². The molecule has 0 spiro atoms. The standard InChI is InChI=1S/C25H29Cl2NO2/c1-29-24-12-15(3-5-23(24)30-14-16-2-4-21(26)22(27)11-16)13-28-25-19-7-17-6-18(9-19)10-20(25)8-17/h2-5,11-12,17-20,25,28H,6-10,13-14H2,1H3. The van der Waals surface area contributed by atoms with Crippen LogP contribution in [0.25, 0.3) is 0 Å². The van der Waals surface area contributed by atoms with Crippen molar-refractivity contribution >= 4 is 23.2 Å². The van der Waals surface area contributed by atoms with Crippen molar-refractivity contribution in [2.24, 2.45) is 23.7 Å². The highest BCUT2D eigenvalue weighted by atomic mass is 35.5. The third-order valence-electron chi connectivity index (χ3n) is 7.38. The lowest BCUT2D eigenvalue weighted by Gasteiger charge is -2.54. The first-order chi connectivity index (χ1) is 14.6. The molecule has 0 atom stereocenters. The van der Waals surface area contributed by atoms with E-state index >= 15 is 0 Å². The van der Waals surface area contributed by atoms with Crippen molar-refractivity contribution in [1.29, 1.82) is 0 Å². The quantitative estimate of drug-likeness (QED) is 0.527. The summed E-state index contributed by atoms with van der Waals surface area (Å²) < 4.78 is 11.6. The van der Waals surface area contributed by atoms with E-state index in [9.17, 15) is 0 Å². The van der Waals surface area contributed by atoms with Gasteiger partial charge in [0.1, 0.15) is 6.61 Å². The van der Waals surface area contributed by atoms with Crippen LogP contribution in [0.4, 0.5) is 0 Å². The number of hydrogen-bond acceptors (Lipinski definition) is 3. The van der Waals surface area contributed by atoms with Crippen molar-refractivity contribution in [2.45, 2.75) is 51.3 Å². The molecule has 0 heterocycles. The van der Waals surface area contributed by atoms with Crippen molar-refractivity contribution in [1.82, 2.24) is 5.32 Å². The topological polar surface area (TPSA) is 30.5 Å². The SMILES string of the molecule is COc1cc(CNC2C3CC4CC(C3)CC2C4)ccc1OCc1ccc(Cl)c(Cl)c1. The summed E-state index contributed by atoms with van der Waals surface area (Å²) in [6.45, 7) is 1.30. The zero-order valence-electron chi connectivity index (χ0n) is 17.4. The monoisotopic (exact) mass is 445 g/mol. The molecule has 4 aliphatic rings. The maximum absolute atomic E-state index is 6.10. The lowest BCUT2D eigenvalue weighted by atomic mass is 9.54. The smallest absolute Gasteiger partial charge is 0.161 e. The summed E-state index contributed by atoms with van der Waals surface area (Å²) in [5, 5.41) is 4.99. The molecule has 0 saturated heterocycles. The first kappa shape index (κ1) is 20.5. The number of hydrogen-bond donors (Lipinski definition) is 1. The lowest BCUT2D eigenvalue weighted by Crippen LogP contribution is -2.54. The Bertz CT molecular complexity index is 888. The molecule has 0 aromatic heterocycles. The zero-order chi connectivity index (χ0) is 20.7. The highest BCUT2D eigenvalue weighted by molar-refractivity contribution is 6.42. The maximum atomic E-state index is 6.10. The minimum atomic E-state index is 0.415. The Morgan fingerprint density at radius 3 is 2.20 bits per heavy atom. The molecule has 0 aliphatic heterocycles. The van der Waals surface area contributed by atoms with Gasteiger partial charge in [-0.1, -0.05) is 35.3 Å². The molecule has 5 heteroatoms. The molecule has 2 aromatic carbocycles. The van der Waals surface area contributed by atoms with E-state index in [0.717, 1.165) is 47.3 Å². The average Bonchev–Trinajstić information content (AvgIpc) is 2.74. The van der Waals surface area contributed by atoms with Gasteiger partial charge in [0.2, 0.25) is 0 Å². The summed E-state index contributed by atoms with van der Waals surface area (Å²) in [6.07, 6.45) is 7.26. The van der Waals surface area contributed by atoms with Crippen LogP contribution in [0.1, 0.15) is 43.2 Å². The maximum Gasteiger partial charge on any atom is 0.161 e. The van der Waals surface area contributed by atoms with E-state index in [4.69, 9.17) is 32.7 Å². The van der Waals surface area contributed by atoms with Gasteiger partial charge in [-0.05, 0) is 91.2 Å². The second kappa shape index (κ2) is 8.61. The molecule has 30 heavy (non-hydrogen) atoms. The van der Waals surface area contributed by atoms with Crippen molar-refractivity contribution in [3.05, 3.63) is 57.6 Å². The van der Waals surface area contributed by atoms with Crippen LogP contribution in [0.3, 0.4) is 0 Å². The summed E-state index contributed by atoms with van der Waals surface area (Å²) in [4.78, 5) is 0. The van der Waals surface area contributed by atoms with Gasteiger partial charge in [0, 0.05) is 12.6 Å². The first-order valence-corrected chi connectivity index (χ1v) is 11.8. The second-order valence-corrected chi connectivity index (χ2v) is 10.2. The largest absolute Gasteiger partial charge is 0.493 e. The Kier molecular flexibility index (Phi) is 5.88. The van der Waals surface area contributed by atoms with E-state index in [-0.39, 0.29) is 0 Å². The third kappa shape index (κ3) is 4.17. The van der Waals surface area contributed by atoms with Gasteiger partial charge in [0.15, 0.2) is 11.5 Å². The Hall–Kier alpha value is -1.42. The van der Waals surface area contributed by atoms with Crippen LogP contribution < -0.4 is 14.8 Å². The molecule has 2 aromatic rings. The fraction of sp³-hybridized carbons (Fsp3) is 0.520. The van der Waals surface area contributed by atoms with E-state index in [1.807, 2.05) is 18.2 Å². The molecule has 6 rings (SSSR count). The van der Waals surface area contributed by atoms with Crippen LogP contribution in [-0.2, 0) is 13.2 Å². The number of ether oxygens (including phenoxy) is 2. The third-order valence-corrected chi connectivity index (χ3v) is 8.11. The summed E-state index contributed by atoms with van der Waals surface area (Å²) in [5.41, 5.74) is 2.21. The van der Waals surface area contributed by atoms with Gasteiger partial charge < -0.3 is 14.8 Å². The molecular formula is C25H29Cl2NO2. The number of benzene rings is 2. The molecule has 4 bridgehead atoms. The van der Waals surface area contributed by atoms with Gasteiger partial charge in [-0.15, -0.1) is 0 Å². The number of methoxy groups -OCH3 is 1. The molecule has 1 N–H and O–H groups in total. The van der Waals surface area contributed by atoms with Crippen LogP contribution in [0.15, 0.2) is 36.4 Å². The van der Waals surface area contributed by atoms with Gasteiger partial charge in [-0.3, -0.25) is 0 Å². The summed E-state index contributed by atoms with van der Waals surface area (Å²) in [6, 6.07) is 12.5. The molecule has 0 unspecified atom stereocenters. The van der Waals surface area contributed by atoms with E-state index in [0.29, 0.717) is 22.7 Å². The highest BCUT2D eigenvalue weighted by Crippen LogP contribution is 2.53.